The van der Waals surface area contributed by atoms with Crippen molar-refractivity contribution in [1.29, 1.82) is 0 Å². The van der Waals surface area contributed by atoms with E-state index in [1.54, 1.807) is 6.07 Å². The molecule has 1 aromatic rings. The third kappa shape index (κ3) is 1.71. The number of rotatable bonds is 1. The van der Waals surface area contributed by atoms with Gasteiger partial charge in [-0.15, -0.1) is 0 Å². The quantitative estimate of drug-likeness (QED) is 0.312. The van der Waals surface area contributed by atoms with Crippen molar-refractivity contribution in [2.45, 2.75) is 6.61 Å². The summed E-state index contributed by atoms with van der Waals surface area (Å²) in [5.41, 5.74) is 6.19. The topological polar surface area (TPSA) is 77.1 Å². The van der Waals surface area contributed by atoms with Gasteiger partial charge < -0.3 is 20.4 Å². The highest BCUT2D eigenvalue weighted by atomic mass is 19.1. The highest BCUT2D eigenvalue weighted by Crippen LogP contribution is 2.28. The van der Waals surface area contributed by atoms with E-state index in [-0.39, 0.29) is 25.0 Å². The Morgan fingerprint density at radius 2 is 2.33 bits per heavy atom. The first kappa shape index (κ1) is 9.72. The molecule has 0 aromatic heterocycles. The zero-order valence-corrected chi connectivity index (χ0v) is 7.74. The highest BCUT2D eigenvalue weighted by molar-refractivity contribution is 5.97. The summed E-state index contributed by atoms with van der Waals surface area (Å²) in [6.07, 6.45) is 0. The number of amidine groups is 1. The van der Waals surface area contributed by atoms with Crippen molar-refractivity contribution >= 4 is 5.84 Å². The molecule has 15 heavy (non-hydrogen) atoms. The molecule has 0 amide bonds. The van der Waals surface area contributed by atoms with Gasteiger partial charge in [-0.3, -0.25) is 0 Å². The van der Waals surface area contributed by atoms with Crippen molar-refractivity contribution in [2.75, 3.05) is 6.79 Å². The van der Waals surface area contributed by atoms with Crippen LogP contribution in [0, 0.1) is 5.82 Å². The summed E-state index contributed by atoms with van der Waals surface area (Å²) < 4.78 is 23.4. The van der Waals surface area contributed by atoms with Crippen LogP contribution in [0.15, 0.2) is 17.3 Å². The summed E-state index contributed by atoms with van der Waals surface area (Å²) in [6.45, 7) is 0.283. The van der Waals surface area contributed by atoms with E-state index in [2.05, 4.69) is 5.16 Å². The SMILES string of the molecule is N/C(=N/O)c1cc(F)c2c(c1)COCO2. The van der Waals surface area contributed by atoms with E-state index < -0.39 is 5.82 Å². The first-order chi connectivity index (χ1) is 7.22. The smallest absolute Gasteiger partial charge is 0.189 e. The van der Waals surface area contributed by atoms with Gasteiger partial charge in [-0.25, -0.2) is 4.39 Å². The predicted octanol–water partition coefficient (Wildman–Crippen LogP) is 0.787. The molecular formula is C9H9FN2O3. The second-order valence-corrected chi connectivity index (χ2v) is 3.04. The maximum atomic E-state index is 13.5. The van der Waals surface area contributed by atoms with Crippen LogP contribution in [0.1, 0.15) is 11.1 Å². The van der Waals surface area contributed by atoms with Crippen molar-refractivity contribution in [3.8, 4) is 5.75 Å². The fraction of sp³-hybridized carbons (Fsp3) is 0.222. The average molecular weight is 212 g/mol. The van der Waals surface area contributed by atoms with Gasteiger partial charge in [0.1, 0.15) is 0 Å². The van der Waals surface area contributed by atoms with Crippen LogP contribution in [0.3, 0.4) is 0 Å². The largest absolute Gasteiger partial charge is 0.464 e. The summed E-state index contributed by atoms with van der Waals surface area (Å²) in [7, 11) is 0. The zero-order valence-electron chi connectivity index (χ0n) is 7.74. The van der Waals surface area contributed by atoms with Crippen molar-refractivity contribution in [3.05, 3.63) is 29.1 Å². The minimum Gasteiger partial charge on any atom is -0.464 e. The molecule has 2 rings (SSSR count). The van der Waals surface area contributed by atoms with Crippen molar-refractivity contribution < 1.29 is 19.1 Å². The normalized spacial score (nSPS) is 15.7. The Bertz CT molecular complexity index is 420. The van der Waals surface area contributed by atoms with Gasteiger partial charge in [0.05, 0.1) is 6.61 Å². The fourth-order valence-electron chi connectivity index (χ4n) is 1.38. The number of halogens is 1. The minimum absolute atomic E-state index is 0.0346. The van der Waals surface area contributed by atoms with Gasteiger partial charge in [-0.2, -0.15) is 0 Å². The van der Waals surface area contributed by atoms with Crippen molar-refractivity contribution in [1.82, 2.24) is 0 Å². The second-order valence-electron chi connectivity index (χ2n) is 3.04. The Morgan fingerprint density at radius 1 is 1.53 bits per heavy atom. The molecule has 1 aliphatic rings. The summed E-state index contributed by atoms with van der Waals surface area (Å²) in [4.78, 5) is 0. The molecule has 1 aromatic carbocycles. The number of fused-ring (bicyclic) bond motifs is 1. The van der Waals surface area contributed by atoms with Gasteiger partial charge in [0.2, 0.25) is 0 Å². The molecular weight excluding hydrogens is 203 g/mol. The van der Waals surface area contributed by atoms with Crippen LogP contribution in [0.25, 0.3) is 0 Å². The molecule has 0 fully saturated rings. The van der Waals surface area contributed by atoms with E-state index in [1.807, 2.05) is 0 Å². The second kappa shape index (κ2) is 3.74. The van der Waals surface area contributed by atoms with Crippen LogP contribution in [-0.4, -0.2) is 17.8 Å². The van der Waals surface area contributed by atoms with Crippen LogP contribution in [0.5, 0.6) is 5.75 Å². The van der Waals surface area contributed by atoms with E-state index >= 15 is 0 Å². The summed E-state index contributed by atoms with van der Waals surface area (Å²) >= 11 is 0. The Kier molecular flexibility index (Phi) is 2.42. The lowest BCUT2D eigenvalue weighted by Crippen LogP contribution is -2.17. The van der Waals surface area contributed by atoms with E-state index in [9.17, 15) is 4.39 Å². The summed E-state index contributed by atoms with van der Waals surface area (Å²) in [5.74, 6) is -0.532. The van der Waals surface area contributed by atoms with Crippen LogP contribution < -0.4 is 10.5 Å². The molecule has 0 saturated carbocycles. The third-order valence-corrected chi connectivity index (χ3v) is 2.07. The molecule has 1 heterocycles. The maximum Gasteiger partial charge on any atom is 0.189 e. The molecule has 0 radical (unpaired) electrons. The average Bonchev–Trinajstić information content (AvgIpc) is 2.28. The van der Waals surface area contributed by atoms with E-state index in [0.29, 0.717) is 11.1 Å². The molecule has 0 unspecified atom stereocenters. The molecule has 80 valence electrons. The Balaban J connectivity index is 2.49. The number of ether oxygens (including phenoxy) is 2. The number of hydrogen-bond acceptors (Lipinski definition) is 4. The molecule has 5 nitrogen and oxygen atoms in total. The van der Waals surface area contributed by atoms with Gasteiger partial charge >= 0.3 is 0 Å². The predicted molar refractivity (Wildman–Crippen MR) is 49.2 cm³/mol. The molecule has 0 atom stereocenters. The Morgan fingerprint density at radius 3 is 3.07 bits per heavy atom. The number of oxime groups is 1. The molecule has 0 saturated heterocycles. The highest BCUT2D eigenvalue weighted by Gasteiger charge is 2.17. The molecule has 3 N–H and O–H groups in total. The monoisotopic (exact) mass is 212 g/mol. The lowest BCUT2D eigenvalue weighted by Gasteiger charge is -2.18. The number of nitrogens with zero attached hydrogens (tertiary/aromatic N) is 1. The molecule has 0 bridgehead atoms. The van der Waals surface area contributed by atoms with Crippen molar-refractivity contribution in [2.24, 2.45) is 10.9 Å². The van der Waals surface area contributed by atoms with Crippen LogP contribution in [-0.2, 0) is 11.3 Å². The first-order valence-corrected chi connectivity index (χ1v) is 4.23. The van der Waals surface area contributed by atoms with Gasteiger partial charge in [-0.05, 0) is 12.1 Å². The molecule has 0 aliphatic carbocycles. The molecule has 6 heteroatoms. The summed E-state index contributed by atoms with van der Waals surface area (Å²) in [5, 5.41) is 11.3. The molecule has 1 aliphatic heterocycles. The Hall–Kier alpha value is -1.82. The van der Waals surface area contributed by atoms with Gasteiger partial charge in [0, 0.05) is 11.1 Å². The minimum atomic E-state index is -0.544. The van der Waals surface area contributed by atoms with Crippen LogP contribution in [0.2, 0.25) is 0 Å². The number of benzene rings is 1. The van der Waals surface area contributed by atoms with Crippen LogP contribution in [0.4, 0.5) is 4.39 Å². The van der Waals surface area contributed by atoms with Gasteiger partial charge in [0.25, 0.3) is 0 Å². The summed E-state index contributed by atoms with van der Waals surface area (Å²) in [6, 6.07) is 2.71. The third-order valence-electron chi connectivity index (χ3n) is 2.07. The van der Waals surface area contributed by atoms with Gasteiger partial charge in [0.15, 0.2) is 24.2 Å². The number of nitrogens with two attached hydrogens (primary N) is 1. The van der Waals surface area contributed by atoms with E-state index in [0.717, 1.165) is 6.07 Å². The lowest BCUT2D eigenvalue weighted by atomic mass is 10.1. The van der Waals surface area contributed by atoms with Gasteiger partial charge in [-0.1, -0.05) is 5.16 Å². The van der Waals surface area contributed by atoms with Crippen LogP contribution >= 0.6 is 0 Å². The van der Waals surface area contributed by atoms with E-state index in [1.165, 1.54) is 0 Å². The maximum absolute atomic E-state index is 13.5. The lowest BCUT2D eigenvalue weighted by molar-refractivity contribution is -0.0190. The standard InChI is InChI=1S/C9H9FN2O3/c10-7-2-5(9(11)12-13)1-6-3-14-4-15-8(6)7/h1-2,13H,3-4H2,(H2,11,12). The fourth-order valence-corrected chi connectivity index (χ4v) is 1.38. The van der Waals surface area contributed by atoms with E-state index in [4.69, 9.17) is 20.4 Å². The van der Waals surface area contributed by atoms with Crippen molar-refractivity contribution in [3.63, 3.8) is 0 Å². The number of hydrogen-bond donors (Lipinski definition) is 2. The Labute approximate surface area is 84.9 Å². The first-order valence-electron chi connectivity index (χ1n) is 4.23. The molecule has 0 spiro atoms. The zero-order chi connectivity index (χ0) is 10.8.